The molecule has 1 aliphatic heterocycles. The van der Waals surface area contributed by atoms with Gasteiger partial charge in [0.15, 0.2) is 0 Å². The van der Waals surface area contributed by atoms with E-state index in [1.807, 2.05) is 25.7 Å². The molecule has 1 amide bonds. The highest BCUT2D eigenvalue weighted by atomic mass is 16.6. The molecule has 3 heteroatoms. The second-order valence-corrected chi connectivity index (χ2v) is 6.34. The van der Waals surface area contributed by atoms with Gasteiger partial charge in [-0.15, -0.1) is 0 Å². The predicted molar refractivity (Wildman–Crippen MR) is 60.8 cm³/mol. The summed E-state index contributed by atoms with van der Waals surface area (Å²) in [5.74, 6) is 0. The summed E-state index contributed by atoms with van der Waals surface area (Å²) in [6.07, 6.45) is 0.914. The maximum atomic E-state index is 11.8. The third-order valence-electron chi connectivity index (χ3n) is 2.65. The van der Waals surface area contributed by atoms with Crippen LogP contribution in [-0.4, -0.2) is 29.2 Å². The normalized spacial score (nSPS) is 22.3. The number of amides is 1. The molecule has 1 atom stereocenters. The van der Waals surface area contributed by atoms with Crippen molar-refractivity contribution in [2.45, 2.75) is 59.6 Å². The van der Waals surface area contributed by atoms with Crippen LogP contribution in [0.25, 0.3) is 0 Å². The summed E-state index contributed by atoms with van der Waals surface area (Å²) in [5.41, 5.74) is -0.246. The van der Waals surface area contributed by atoms with Crippen molar-refractivity contribution in [3.63, 3.8) is 0 Å². The number of likely N-dealkylation sites (tertiary alicyclic amines) is 1. The number of hydrogen-bond donors (Lipinski definition) is 0. The van der Waals surface area contributed by atoms with Crippen molar-refractivity contribution < 1.29 is 9.53 Å². The molecule has 0 bridgehead atoms. The van der Waals surface area contributed by atoms with E-state index < -0.39 is 5.60 Å². The van der Waals surface area contributed by atoms with Gasteiger partial charge in [-0.2, -0.15) is 0 Å². The molecule has 0 spiro atoms. The van der Waals surface area contributed by atoms with Gasteiger partial charge in [-0.3, -0.25) is 0 Å². The van der Waals surface area contributed by atoms with E-state index >= 15 is 0 Å². The van der Waals surface area contributed by atoms with Crippen molar-refractivity contribution in [1.82, 2.24) is 4.90 Å². The molecule has 1 fully saturated rings. The molecule has 3 nitrogen and oxygen atoms in total. The Morgan fingerprint density at radius 2 is 1.73 bits per heavy atom. The maximum Gasteiger partial charge on any atom is 0.410 e. The van der Waals surface area contributed by atoms with E-state index in [0.29, 0.717) is 6.04 Å². The minimum absolute atomic E-state index is 0.148. The van der Waals surface area contributed by atoms with Gasteiger partial charge in [-0.25, -0.2) is 4.79 Å². The minimum atomic E-state index is -0.394. The lowest BCUT2D eigenvalue weighted by Crippen LogP contribution is -2.57. The molecule has 1 heterocycles. The molecule has 1 saturated heterocycles. The van der Waals surface area contributed by atoms with Crippen molar-refractivity contribution in [1.29, 1.82) is 0 Å². The zero-order chi connectivity index (χ0) is 11.9. The van der Waals surface area contributed by atoms with Crippen molar-refractivity contribution in [2.24, 2.45) is 5.41 Å². The fraction of sp³-hybridized carbons (Fsp3) is 0.917. The summed E-state index contributed by atoms with van der Waals surface area (Å²) in [4.78, 5) is 13.6. The summed E-state index contributed by atoms with van der Waals surface area (Å²) >= 11 is 0. The first-order valence-corrected chi connectivity index (χ1v) is 5.61. The van der Waals surface area contributed by atoms with E-state index in [2.05, 4.69) is 20.8 Å². The van der Waals surface area contributed by atoms with Crippen molar-refractivity contribution in [3.8, 4) is 0 Å². The monoisotopic (exact) mass is 213 g/mol. The second-order valence-electron chi connectivity index (χ2n) is 6.34. The van der Waals surface area contributed by atoms with E-state index in [9.17, 15) is 4.79 Å². The summed E-state index contributed by atoms with van der Waals surface area (Å²) < 4.78 is 5.35. The zero-order valence-corrected chi connectivity index (χ0v) is 10.8. The highest BCUT2D eigenvalue weighted by Gasteiger charge is 2.41. The Morgan fingerprint density at radius 3 is 2.00 bits per heavy atom. The first-order chi connectivity index (χ1) is 6.61. The van der Waals surface area contributed by atoms with E-state index in [-0.39, 0.29) is 11.5 Å². The summed E-state index contributed by atoms with van der Waals surface area (Å²) in [6.45, 7) is 13.0. The molecule has 0 aromatic rings. The molecule has 0 aromatic heterocycles. The van der Waals surface area contributed by atoms with Crippen LogP contribution in [0.3, 0.4) is 0 Å². The number of carbonyl (C=O) groups excluding carboxylic acids is 1. The SMILES string of the molecule is CC(C)(C)OC(=O)N1CCC1C(C)(C)C. The summed E-state index contributed by atoms with van der Waals surface area (Å²) in [6, 6.07) is 0.326. The molecule has 0 radical (unpaired) electrons. The molecule has 15 heavy (non-hydrogen) atoms. The van der Waals surface area contributed by atoms with Crippen LogP contribution in [0.15, 0.2) is 0 Å². The number of rotatable bonds is 0. The number of carbonyl (C=O) groups is 1. The Bertz CT molecular complexity index is 247. The number of ether oxygens (including phenoxy) is 1. The smallest absolute Gasteiger partial charge is 0.410 e. The van der Waals surface area contributed by atoms with Crippen LogP contribution in [0.1, 0.15) is 48.0 Å². The molecular formula is C12H23NO2. The lowest BCUT2D eigenvalue weighted by molar-refractivity contribution is -0.0302. The Morgan fingerprint density at radius 1 is 1.20 bits per heavy atom. The lowest BCUT2D eigenvalue weighted by atomic mass is 9.79. The van der Waals surface area contributed by atoms with Gasteiger partial charge in [0.2, 0.25) is 0 Å². The van der Waals surface area contributed by atoms with Crippen molar-refractivity contribution >= 4 is 6.09 Å². The number of hydrogen-bond acceptors (Lipinski definition) is 2. The standard InChI is InChI=1S/C12H23NO2/c1-11(2,3)9-7-8-13(9)10(14)15-12(4,5)6/h9H,7-8H2,1-6H3. The molecule has 0 aromatic carbocycles. The highest BCUT2D eigenvalue weighted by molar-refractivity contribution is 5.69. The van der Waals surface area contributed by atoms with Gasteiger partial charge in [0.1, 0.15) is 5.60 Å². The van der Waals surface area contributed by atoms with Gasteiger partial charge in [0, 0.05) is 12.6 Å². The van der Waals surface area contributed by atoms with Crippen LogP contribution in [0.4, 0.5) is 4.79 Å². The molecular weight excluding hydrogens is 190 g/mol. The molecule has 88 valence electrons. The van der Waals surface area contributed by atoms with Gasteiger partial charge < -0.3 is 9.64 Å². The van der Waals surface area contributed by atoms with Gasteiger partial charge in [0.25, 0.3) is 0 Å². The van der Waals surface area contributed by atoms with E-state index in [4.69, 9.17) is 4.74 Å². The summed E-state index contributed by atoms with van der Waals surface area (Å²) in [7, 11) is 0. The van der Waals surface area contributed by atoms with Crippen LogP contribution >= 0.6 is 0 Å². The first-order valence-electron chi connectivity index (χ1n) is 5.61. The average molecular weight is 213 g/mol. The Balaban J connectivity index is 2.56. The first kappa shape index (κ1) is 12.3. The van der Waals surface area contributed by atoms with Gasteiger partial charge in [-0.05, 0) is 32.6 Å². The van der Waals surface area contributed by atoms with E-state index in [1.54, 1.807) is 0 Å². The van der Waals surface area contributed by atoms with E-state index in [1.165, 1.54) is 0 Å². The van der Waals surface area contributed by atoms with Crippen molar-refractivity contribution in [2.75, 3.05) is 6.54 Å². The second kappa shape index (κ2) is 3.69. The predicted octanol–water partition coefficient (Wildman–Crippen LogP) is 3.04. The largest absolute Gasteiger partial charge is 0.444 e. The third-order valence-corrected chi connectivity index (χ3v) is 2.65. The fourth-order valence-electron chi connectivity index (χ4n) is 1.83. The fourth-order valence-corrected chi connectivity index (χ4v) is 1.83. The molecule has 1 rings (SSSR count). The lowest BCUT2D eigenvalue weighted by Gasteiger charge is -2.48. The van der Waals surface area contributed by atoms with Crippen LogP contribution in [0, 0.1) is 5.41 Å². The molecule has 0 aliphatic carbocycles. The van der Waals surface area contributed by atoms with Gasteiger partial charge >= 0.3 is 6.09 Å². The Hall–Kier alpha value is -0.730. The minimum Gasteiger partial charge on any atom is -0.444 e. The maximum absolute atomic E-state index is 11.8. The molecule has 1 aliphatic rings. The average Bonchev–Trinajstić information content (AvgIpc) is 1.72. The number of nitrogens with zero attached hydrogens (tertiary/aromatic N) is 1. The molecule has 0 saturated carbocycles. The zero-order valence-electron chi connectivity index (χ0n) is 10.8. The van der Waals surface area contributed by atoms with Gasteiger partial charge in [-0.1, -0.05) is 20.8 Å². The van der Waals surface area contributed by atoms with Gasteiger partial charge in [0.05, 0.1) is 0 Å². The Labute approximate surface area is 92.8 Å². The van der Waals surface area contributed by atoms with Crippen LogP contribution in [0.5, 0.6) is 0 Å². The van der Waals surface area contributed by atoms with Crippen LogP contribution in [0.2, 0.25) is 0 Å². The summed E-state index contributed by atoms with van der Waals surface area (Å²) in [5, 5.41) is 0. The quantitative estimate of drug-likeness (QED) is 0.619. The topological polar surface area (TPSA) is 29.5 Å². The Kier molecular flexibility index (Phi) is 3.04. The van der Waals surface area contributed by atoms with Crippen LogP contribution in [-0.2, 0) is 4.74 Å². The van der Waals surface area contributed by atoms with Crippen LogP contribution < -0.4 is 0 Å². The van der Waals surface area contributed by atoms with E-state index in [0.717, 1.165) is 13.0 Å². The molecule has 0 N–H and O–H groups in total. The highest BCUT2D eigenvalue weighted by Crippen LogP contribution is 2.34. The molecule has 1 unspecified atom stereocenters. The third kappa shape index (κ3) is 3.11. The van der Waals surface area contributed by atoms with Crippen molar-refractivity contribution in [3.05, 3.63) is 0 Å².